The van der Waals surface area contributed by atoms with Crippen LogP contribution in [0.2, 0.25) is 0 Å². The summed E-state index contributed by atoms with van der Waals surface area (Å²) in [4.78, 5) is 11.3. The van der Waals surface area contributed by atoms with E-state index in [1.165, 1.54) is 0 Å². The maximum atomic E-state index is 11.3. The second-order valence-electron chi connectivity index (χ2n) is 2.82. The summed E-state index contributed by atoms with van der Waals surface area (Å²) in [5.74, 6) is 0.631. The number of carbonyl (C=O) groups excluding carboxylic acids is 1. The van der Waals surface area contributed by atoms with Gasteiger partial charge in [0, 0.05) is 6.54 Å². The predicted octanol–water partition coefficient (Wildman–Crippen LogP) is 2.00. The van der Waals surface area contributed by atoms with Crippen molar-refractivity contribution in [2.45, 2.75) is 0 Å². The predicted molar refractivity (Wildman–Crippen MR) is 60.2 cm³/mol. The molecule has 0 fully saturated rings. The van der Waals surface area contributed by atoms with E-state index in [4.69, 9.17) is 4.74 Å². The molecule has 15 heavy (non-hydrogen) atoms. The molecule has 80 valence electrons. The van der Waals surface area contributed by atoms with E-state index in [1.807, 2.05) is 12.1 Å². The first-order valence-electron chi connectivity index (χ1n) is 4.56. The second kappa shape index (κ2) is 5.70. The molecule has 1 aromatic rings. The van der Waals surface area contributed by atoms with Crippen molar-refractivity contribution in [2.24, 2.45) is 0 Å². The maximum absolute atomic E-state index is 11.3. The average Bonchev–Trinajstić information content (AvgIpc) is 2.27. The third kappa shape index (κ3) is 3.34. The molecule has 0 aliphatic heterocycles. The van der Waals surface area contributed by atoms with Gasteiger partial charge in [0.1, 0.15) is 5.75 Å². The fourth-order valence-corrected chi connectivity index (χ4v) is 1.08. The quantitative estimate of drug-likeness (QED) is 0.740. The molecule has 4 heteroatoms. The summed E-state index contributed by atoms with van der Waals surface area (Å²) in [5, 5.41) is 5.28. The molecule has 0 aliphatic rings. The Bertz CT molecular complexity index is 350. The van der Waals surface area contributed by atoms with Gasteiger partial charge in [-0.3, -0.25) is 0 Å². The molecule has 4 nitrogen and oxygen atoms in total. The summed E-state index contributed by atoms with van der Waals surface area (Å²) in [7, 11) is 1.56. The molecule has 2 amide bonds. The van der Waals surface area contributed by atoms with Crippen LogP contribution in [0, 0.1) is 0 Å². The number of rotatable bonds is 4. The topological polar surface area (TPSA) is 50.4 Å². The van der Waals surface area contributed by atoms with Gasteiger partial charge in [0.15, 0.2) is 0 Å². The van der Waals surface area contributed by atoms with Crippen LogP contribution < -0.4 is 15.4 Å². The van der Waals surface area contributed by atoms with E-state index >= 15 is 0 Å². The van der Waals surface area contributed by atoms with Gasteiger partial charge in [-0.2, -0.15) is 0 Å². The number of urea groups is 1. The zero-order valence-electron chi connectivity index (χ0n) is 8.62. The number of ether oxygens (including phenoxy) is 1. The van der Waals surface area contributed by atoms with Crippen molar-refractivity contribution in [1.82, 2.24) is 5.32 Å². The Morgan fingerprint density at radius 3 is 2.93 bits per heavy atom. The van der Waals surface area contributed by atoms with Crippen molar-refractivity contribution < 1.29 is 9.53 Å². The molecule has 1 aromatic carbocycles. The fraction of sp³-hybridized carbons (Fsp3) is 0.182. The highest BCUT2D eigenvalue weighted by Gasteiger charge is 2.04. The van der Waals surface area contributed by atoms with E-state index in [-0.39, 0.29) is 6.03 Å². The SMILES string of the molecule is C=CCNC(=O)Nc1ccccc1OC. The lowest BCUT2D eigenvalue weighted by Gasteiger charge is -2.09. The molecule has 0 unspecified atom stereocenters. The van der Waals surface area contributed by atoms with Gasteiger partial charge < -0.3 is 15.4 Å². The number of amides is 2. The van der Waals surface area contributed by atoms with Gasteiger partial charge >= 0.3 is 6.03 Å². The average molecular weight is 206 g/mol. The summed E-state index contributed by atoms with van der Waals surface area (Å²) in [6.45, 7) is 3.94. The summed E-state index contributed by atoms with van der Waals surface area (Å²) >= 11 is 0. The zero-order valence-corrected chi connectivity index (χ0v) is 8.62. The Hall–Kier alpha value is -1.97. The Labute approximate surface area is 88.9 Å². The lowest BCUT2D eigenvalue weighted by molar-refractivity contribution is 0.253. The van der Waals surface area contributed by atoms with E-state index in [9.17, 15) is 4.79 Å². The van der Waals surface area contributed by atoms with Crippen molar-refractivity contribution in [3.8, 4) is 5.75 Å². The Morgan fingerprint density at radius 1 is 1.53 bits per heavy atom. The number of methoxy groups -OCH3 is 1. The molecule has 2 N–H and O–H groups in total. The van der Waals surface area contributed by atoms with Gasteiger partial charge in [0.25, 0.3) is 0 Å². The van der Waals surface area contributed by atoms with E-state index < -0.39 is 0 Å². The molecule has 0 bridgehead atoms. The highest BCUT2D eigenvalue weighted by atomic mass is 16.5. The molecule has 0 atom stereocenters. The number of nitrogens with one attached hydrogen (secondary N) is 2. The van der Waals surface area contributed by atoms with Gasteiger partial charge in [-0.05, 0) is 12.1 Å². The molecule has 0 saturated carbocycles. The molecule has 0 aromatic heterocycles. The van der Waals surface area contributed by atoms with Crippen LogP contribution in [0.3, 0.4) is 0 Å². The van der Waals surface area contributed by atoms with Crippen molar-refractivity contribution in [3.63, 3.8) is 0 Å². The van der Waals surface area contributed by atoms with E-state index in [2.05, 4.69) is 17.2 Å². The fourth-order valence-electron chi connectivity index (χ4n) is 1.08. The number of para-hydroxylation sites is 2. The van der Waals surface area contributed by atoms with Gasteiger partial charge in [0.05, 0.1) is 12.8 Å². The van der Waals surface area contributed by atoms with Crippen LogP contribution in [-0.2, 0) is 0 Å². The number of anilines is 1. The van der Waals surface area contributed by atoms with Crippen LogP contribution in [-0.4, -0.2) is 19.7 Å². The molecule has 0 heterocycles. The summed E-state index contributed by atoms with van der Waals surface area (Å²) < 4.78 is 5.09. The molecular formula is C11H14N2O2. The molecule has 0 aliphatic carbocycles. The Balaban J connectivity index is 2.63. The van der Waals surface area contributed by atoms with Gasteiger partial charge in [0.2, 0.25) is 0 Å². The lowest BCUT2D eigenvalue weighted by atomic mass is 10.3. The molecule has 0 saturated heterocycles. The van der Waals surface area contributed by atoms with E-state index in [0.717, 1.165) is 0 Å². The summed E-state index contributed by atoms with van der Waals surface area (Å²) in [6, 6.07) is 6.94. The van der Waals surface area contributed by atoms with Crippen LogP contribution in [0.5, 0.6) is 5.75 Å². The molecular weight excluding hydrogens is 192 g/mol. The largest absolute Gasteiger partial charge is 0.495 e. The van der Waals surface area contributed by atoms with Gasteiger partial charge in [-0.25, -0.2) is 4.79 Å². The third-order valence-electron chi connectivity index (χ3n) is 1.76. The molecule has 1 rings (SSSR count). The normalized spacial score (nSPS) is 9.13. The van der Waals surface area contributed by atoms with Crippen LogP contribution in [0.4, 0.5) is 10.5 Å². The van der Waals surface area contributed by atoms with Crippen molar-refractivity contribution in [1.29, 1.82) is 0 Å². The lowest BCUT2D eigenvalue weighted by Crippen LogP contribution is -2.28. The first-order valence-corrected chi connectivity index (χ1v) is 4.56. The first-order chi connectivity index (χ1) is 7.27. The third-order valence-corrected chi connectivity index (χ3v) is 1.76. The first kappa shape index (κ1) is 11.1. The van der Waals surface area contributed by atoms with Gasteiger partial charge in [-0.15, -0.1) is 6.58 Å². The minimum atomic E-state index is -0.278. The van der Waals surface area contributed by atoms with Crippen molar-refractivity contribution in [3.05, 3.63) is 36.9 Å². The monoisotopic (exact) mass is 206 g/mol. The molecule has 0 spiro atoms. The number of hydrogen-bond acceptors (Lipinski definition) is 2. The van der Waals surface area contributed by atoms with Crippen LogP contribution in [0.15, 0.2) is 36.9 Å². The molecule has 0 radical (unpaired) electrons. The number of benzene rings is 1. The zero-order chi connectivity index (χ0) is 11.1. The second-order valence-corrected chi connectivity index (χ2v) is 2.82. The van der Waals surface area contributed by atoms with Crippen molar-refractivity contribution in [2.75, 3.05) is 19.0 Å². The highest BCUT2D eigenvalue weighted by Crippen LogP contribution is 2.22. The number of hydrogen-bond donors (Lipinski definition) is 2. The minimum absolute atomic E-state index is 0.278. The number of carbonyl (C=O) groups is 1. The summed E-state index contributed by atoms with van der Waals surface area (Å²) in [6.07, 6.45) is 1.61. The summed E-state index contributed by atoms with van der Waals surface area (Å²) in [5.41, 5.74) is 0.640. The Morgan fingerprint density at radius 2 is 2.27 bits per heavy atom. The highest BCUT2D eigenvalue weighted by molar-refractivity contribution is 5.90. The van der Waals surface area contributed by atoms with Crippen molar-refractivity contribution >= 4 is 11.7 Å². The smallest absolute Gasteiger partial charge is 0.319 e. The standard InChI is InChI=1S/C11H14N2O2/c1-3-8-12-11(14)13-9-6-4-5-7-10(9)15-2/h3-7H,1,8H2,2H3,(H2,12,13,14). The maximum Gasteiger partial charge on any atom is 0.319 e. The van der Waals surface area contributed by atoms with Crippen LogP contribution in [0.25, 0.3) is 0 Å². The van der Waals surface area contributed by atoms with E-state index in [0.29, 0.717) is 18.0 Å². The minimum Gasteiger partial charge on any atom is -0.495 e. The Kier molecular flexibility index (Phi) is 4.22. The van der Waals surface area contributed by atoms with Gasteiger partial charge in [-0.1, -0.05) is 18.2 Å². The van der Waals surface area contributed by atoms with E-state index in [1.54, 1.807) is 25.3 Å². The van der Waals surface area contributed by atoms with Crippen LogP contribution in [0.1, 0.15) is 0 Å². The van der Waals surface area contributed by atoms with Crippen LogP contribution >= 0.6 is 0 Å².